The van der Waals surface area contributed by atoms with E-state index in [9.17, 15) is 4.79 Å². The van der Waals surface area contributed by atoms with Crippen molar-refractivity contribution >= 4 is 35.4 Å². The number of fused-ring (bicyclic) bond motifs is 1. The number of hydrogen-bond donors (Lipinski definition) is 2. The number of aromatic nitrogens is 2. The van der Waals surface area contributed by atoms with Crippen molar-refractivity contribution in [2.45, 2.75) is 19.5 Å². The molecule has 0 unspecified atom stereocenters. The van der Waals surface area contributed by atoms with Crippen LogP contribution in [0.5, 0.6) is 0 Å². The van der Waals surface area contributed by atoms with E-state index in [1.54, 1.807) is 24.4 Å². The Hall–Kier alpha value is -2.67. The number of aromatic amines is 1. The molecule has 0 radical (unpaired) electrons. The van der Waals surface area contributed by atoms with Gasteiger partial charge in [-0.15, -0.1) is 0 Å². The van der Waals surface area contributed by atoms with E-state index in [0.29, 0.717) is 40.1 Å². The molecule has 0 spiro atoms. The Bertz CT molecular complexity index is 1100. The summed E-state index contributed by atoms with van der Waals surface area (Å²) in [5.41, 5.74) is 6.09. The molecule has 2 heterocycles. The van der Waals surface area contributed by atoms with Crippen LogP contribution in [-0.2, 0) is 19.5 Å². The van der Waals surface area contributed by atoms with Gasteiger partial charge in [-0.3, -0.25) is 14.7 Å². The Morgan fingerprint density at radius 1 is 1.21 bits per heavy atom. The SMILES string of the molecule is O=c1[nH]c(N/N=C\c2ccc(Cl)cc2Cl)nc2c1CN(Cc1ccccc1)CC2. The van der Waals surface area contributed by atoms with Crippen molar-refractivity contribution in [2.24, 2.45) is 5.10 Å². The second-order valence-electron chi connectivity index (χ2n) is 6.82. The molecule has 0 fully saturated rings. The zero-order valence-electron chi connectivity index (χ0n) is 15.5. The molecule has 2 aromatic carbocycles. The second-order valence-corrected chi connectivity index (χ2v) is 7.67. The smallest absolute Gasteiger partial charge is 0.257 e. The Morgan fingerprint density at radius 3 is 2.83 bits per heavy atom. The number of halogens is 2. The van der Waals surface area contributed by atoms with Crippen LogP contribution in [-0.4, -0.2) is 27.6 Å². The standard InChI is InChI=1S/C21H19Cl2N5O/c22-16-7-6-15(18(23)10-16)11-24-27-21-25-19-8-9-28(13-17(19)20(29)26-21)12-14-4-2-1-3-5-14/h1-7,10-11H,8-9,12-13H2,(H2,25,26,27,29)/b24-11-. The molecule has 0 amide bonds. The van der Waals surface area contributed by atoms with Gasteiger partial charge in [0.1, 0.15) is 0 Å². The molecule has 148 valence electrons. The summed E-state index contributed by atoms with van der Waals surface area (Å²) >= 11 is 12.0. The van der Waals surface area contributed by atoms with E-state index in [0.717, 1.165) is 18.8 Å². The summed E-state index contributed by atoms with van der Waals surface area (Å²) < 4.78 is 0. The number of hydrogen-bond acceptors (Lipinski definition) is 5. The molecular formula is C21H19Cl2N5O. The van der Waals surface area contributed by atoms with Gasteiger partial charge in [-0.2, -0.15) is 5.10 Å². The maximum absolute atomic E-state index is 12.6. The first kappa shape index (κ1) is 19.6. The number of anilines is 1. The molecule has 1 aliphatic rings. The second kappa shape index (κ2) is 8.78. The van der Waals surface area contributed by atoms with Gasteiger partial charge < -0.3 is 0 Å². The summed E-state index contributed by atoms with van der Waals surface area (Å²) in [6.45, 7) is 2.24. The fourth-order valence-corrected chi connectivity index (χ4v) is 3.74. The van der Waals surface area contributed by atoms with Gasteiger partial charge in [0, 0.05) is 36.6 Å². The van der Waals surface area contributed by atoms with Crippen molar-refractivity contribution in [3.8, 4) is 0 Å². The molecule has 0 saturated heterocycles. The number of nitrogens with zero attached hydrogens (tertiary/aromatic N) is 3. The van der Waals surface area contributed by atoms with Gasteiger partial charge in [0.2, 0.25) is 5.95 Å². The van der Waals surface area contributed by atoms with E-state index >= 15 is 0 Å². The lowest BCUT2D eigenvalue weighted by atomic mass is 10.1. The average molecular weight is 428 g/mol. The van der Waals surface area contributed by atoms with Crippen LogP contribution >= 0.6 is 23.2 Å². The normalized spacial score (nSPS) is 14.1. The summed E-state index contributed by atoms with van der Waals surface area (Å²) in [6, 6.07) is 15.4. The number of rotatable bonds is 5. The molecule has 2 N–H and O–H groups in total. The third-order valence-corrected chi connectivity index (χ3v) is 5.30. The highest BCUT2D eigenvalue weighted by Crippen LogP contribution is 2.20. The molecule has 29 heavy (non-hydrogen) atoms. The van der Waals surface area contributed by atoms with Crippen LogP contribution in [0.4, 0.5) is 5.95 Å². The Morgan fingerprint density at radius 2 is 2.03 bits per heavy atom. The largest absolute Gasteiger partial charge is 0.294 e. The maximum atomic E-state index is 12.6. The third kappa shape index (κ3) is 4.85. The van der Waals surface area contributed by atoms with Crippen LogP contribution in [0.15, 0.2) is 58.4 Å². The molecular weight excluding hydrogens is 409 g/mol. The highest BCUT2D eigenvalue weighted by atomic mass is 35.5. The number of benzene rings is 2. The van der Waals surface area contributed by atoms with E-state index in [4.69, 9.17) is 23.2 Å². The van der Waals surface area contributed by atoms with E-state index in [-0.39, 0.29) is 5.56 Å². The van der Waals surface area contributed by atoms with Crippen molar-refractivity contribution < 1.29 is 0 Å². The van der Waals surface area contributed by atoms with E-state index in [1.807, 2.05) is 18.2 Å². The predicted molar refractivity (Wildman–Crippen MR) is 117 cm³/mol. The molecule has 8 heteroatoms. The summed E-state index contributed by atoms with van der Waals surface area (Å²) in [4.78, 5) is 22.1. The maximum Gasteiger partial charge on any atom is 0.257 e. The van der Waals surface area contributed by atoms with Crippen LogP contribution in [0.1, 0.15) is 22.4 Å². The summed E-state index contributed by atoms with van der Waals surface area (Å²) in [5, 5.41) is 5.17. The van der Waals surface area contributed by atoms with E-state index in [2.05, 4.69) is 37.5 Å². The molecule has 0 bridgehead atoms. The molecule has 0 atom stereocenters. The lowest BCUT2D eigenvalue weighted by Crippen LogP contribution is -2.35. The minimum atomic E-state index is -0.144. The lowest BCUT2D eigenvalue weighted by Gasteiger charge is -2.27. The van der Waals surface area contributed by atoms with Gasteiger partial charge in [0.05, 0.1) is 22.5 Å². The molecule has 0 saturated carbocycles. The van der Waals surface area contributed by atoms with Crippen LogP contribution in [0, 0.1) is 0 Å². The Kier molecular flexibility index (Phi) is 5.94. The fraction of sp³-hybridized carbons (Fsp3) is 0.190. The highest BCUT2D eigenvalue weighted by Gasteiger charge is 2.21. The minimum absolute atomic E-state index is 0.144. The molecule has 0 aliphatic carbocycles. The topological polar surface area (TPSA) is 73.4 Å². The quantitative estimate of drug-likeness (QED) is 0.475. The van der Waals surface area contributed by atoms with Crippen LogP contribution < -0.4 is 11.0 Å². The monoisotopic (exact) mass is 427 g/mol. The molecule has 4 rings (SSSR count). The molecule has 6 nitrogen and oxygen atoms in total. The lowest BCUT2D eigenvalue weighted by molar-refractivity contribution is 0.242. The van der Waals surface area contributed by atoms with Crippen LogP contribution in [0.25, 0.3) is 0 Å². The zero-order chi connectivity index (χ0) is 20.2. The summed E-state index contributed by atoms with van der Waals surface area (Å²) in [5.74, 6) is 0.312. The first-order valence-corrected chi connectivity index (χ1v) is 9.96. The Labute approximate surface area is 178 Å². The van der Waals surface area contributed by atoms with Crippen molar-refractivity contribution in [3.05, 3.63) is 91.3 Å². The fourth-order valence-electron chi connectivity index (χ4n) is 3.28. The van der Waals surface area contributed by atoms with E-state index in [1.165, 1.54) is 5.56 Å². The van der Waals surface area contributed by atoms with Crippen molar-refractivity contribution in [2.75, 3.05) is 12.0 Å². The minimum Gasteiger partial charge on any atom is -0.294 e. The molecule has 1 aromatic heterocycles. The van der Waals surface area contributed by atoms with Gasteiger partial charge in [0.15, 0.2) is 0 Å². The highest BCUT2D eigenvalue weighted by molar-refractivity contribution is 6.36. The number of nitrogens with one attached hydrogen (secondary N) is 2. The molecule has 1 aliphatic heterocycles. The number of H-pyrrole nitrogens is 1. The van der Waals surface area contributed by atoms with Crippen LogP contribution in [0.2, 0.25) is 10.0 Å². The van der Waals surface area contributed by atoms with Crippen LogP contribution in [0.3, 0.4) is 0 Å². The van der Waals surface area contributed by atoms with Gasteiger partial charge in [-0.05, 0) is 17.7 Å². The number of hydrazone groups is 1. The van der Waals surface area contributed by atoms with Crippen molar-refractivity contribution in [1.82, 2.24) is 14.9 Å². The zero-order valence-corrected chi connectivity index (χ0v) is 17.0. The van der Waals surface area contributed by atoms with Crippen molar-refractivity contribution in [1.29, 1.82) is 0 Å². The van der Waals surface area contributed by atoms with Gasteiger partial charge in [-0.1, -0.05) is 59.6 Å². The predicted octanol–water partition coefficient (Wildman–Crippen LogP) is 4.08. The Balaban J connectivity index is 1.45. The van der Waals surface area contributed by atoms with E-state index < -0.39 is 0 Å². The van der Waals surface area contributed by atoms with Crippen molar-refractivity contribution in [3.63, 3.8) is 0 Å². The summed E-state index contributed by atoms with van der Waals surface area (Å²) in [6.07, 6.45) is 2.27. The first-order chi connectivity index (χ1) is 14.1. The third-order valence-electron chi connectivity index (χ3n) is 4.73. The van der Waals surface area contributed by atoms with Gasteiger partial charge >= 0.3 is 0 Å². The first-order valence-electron chi connectivity index (χ1n) is 9.21. The average Bonchev–Trinajstić information content (AvgIpc) is 2.71. The van der Waals surface area contributed by atoms with Gasteiger partial charge in [0.25, 0.3) is 5.56 Å². The molecule has 3 aromatic rings. The van der Waals surface area contributed by atoms with Gasteiger partial charge in [-0.25, -0.2) is 10.4 Å². The summed E-state index contributed by atoms with van der Waals surface area (Å²) in [7, 11) is 0.